The highest BCUT2D eigenvalue weighted by molar-refractivity contribution is 6.09. The van der Waals surface area contributed by atoms with Gasteiger partial charge in [-0.3, -0.25) is 4.98 Å². The number of aromatic amines is 1. The summed E-state index contributed by atoms with van der Waals surface area (Å²) in [6, 6.07) is 6.36. The van der Waals surface area contributed by atoms with Gasteiger partial charge in [0, 0.05) is 49.6 Å². The van der Waals surface area contributed by atoms with E-state index < -0.39 is 0 Å². The molecule has 0 aliphatic heterocycles. The standard InChI is InChI=1S/C21H29N3O2.H2/c1-5-25-12-8-17-21-16-13-15(2)20(26-11-6-10-24(3)4)14-19(16)23-18(21)7-9-22-17;/h7,9,13-14,23H,5-6,8,10-12H2,1-4H3;1H. The van der Waals surface area contributed by atoms with Crippen molar-refractivity contribution in [2.75, 3.05) is 40.5 Å². The lowest BCUT2D eigenvalue weighted by atomic mass is 10.1. The second-order valence-electron chi connectivity index (χ2n) is 6.92. The van der Waals surface area contributed by atoms with Crippen LogP contribution in [0.1, 0.15) is 26.0 Å². The second kappa shape index (κ2) is 8.52. The van der Waals surface area contributed by atoms with E-state index in [0.717, 1.165) is 60.6 Å². The molecular weight excluding hydrogens is 326 g/mol. The maximum atomic E-state index is 6.02. The van der Waals surface area contributed by atoms with Gasteiger partial charge in [-0.2, -0.15) is 0 Å². The Morgan fingerprint density at radius 1 is 1.19 bits per heavy atom. The van der Waals surface area contributed by atoms with E-state index in [1.165, 1.54) is 10.8 Å². The summed E-state index contributed by atoms with van der Waals surface area (Å²) in [5, 5.41) is 2.40. The van der Waals surface area contributed by atoms with E-state index in [9.17, 15) is 0 Å². The van der Waals surface area contributed by atoms with Gasteiger partial charge >= 0.3 is 0 Å². The van der Waals surface area contributed by atoms with Gasteiger partial charge in [-0.05, 0) is 52.1 Å². The van der Waals surface area contributed by atoms with Gasteiger partial charge < -0.3 is 19.4 Å². The summed E-state index contributed by atoms with van der Waals surface area (Å²) >= 11 is 0. The quantitative estimate of drug-likeness (QED) is 0.584. The van der Waals surface area contributed by atoms with E-state index in [1.807, 2.05) is 19.2 Å². The maximum absolute atomic E-state index is 6.02. The highest BCUT2D eigenvalue weighted by Gasteiger charge is 2.12. The summed E-state index contributed by atoms with van der Waals surface area (Å²) in [7, 11) is 4.16. The molecule has 5 nitrogen and oxygen atoms in total. The molecule has 142 valence electrons. The Morgan fingerprint density at radius 2 is 2.04 bits per heavy atom. The van der Waals surface area contributed by atoms with E-state index in [0.29, 0.717) is 6.61 Å². The first-order valence-electron chi connectivity index (χ1n) is 9.35. The Morgan fingerprint density at radius 3 is 2.81 bits per heavy atom. The highest BCUT2D eigenvalue weighted by Crippen LogP contribution is 2.32. The van der Waals surface area contributed by atoms with Crippen LogP contribution >= 0.6 is 0 Å². The molecule has 0 fully saturated rings. The van der Waals surface area contributed by atoms with Gasteiger partial charge in [-0.15, -0.1) is 0 Å². The molecule has 2 heterocycles. The number of fused-ring (bicyclic) bond motifs is 3. The Bertz CT molecular complexity index is 877. The Hall–Kier alpha value is -2.11. The molecule has 0 saturated carbocycles. The zero-order chi connectivity index (χ0) is 18.5. The molecule has 0 bridgehead atoms. The third-order valence-corrected chi connectivity index (χ3v) is 4.58. The fraction of sp³-hybridized carbons (Fsp3) is 0.476. The van der Waals surface area contributed by atoms with E-state index in [1.54, 1.807) is 0 Å². The Labute approximate surface area is 156 Å². The number of aromatic nitrogens is 2. The molecule has 26 heavy (non-hydrogen) atoms. The fourth-order valence-electron chi connectivity index (χ4n) is 3.27. The van der Waals surface area contributed by atoms with E-state index in [4.69, 9.17) is 9.47 Å². The van der Waals surface area contributed by atoms with Gasteiger partial charge in [0.1, 0.15) is 5.75 Å². The summed E-state index contributed by atoms with van der Waals surface area (Å²) in [6.07, 6.45) is 3.70. The summed E-state index contributed by atoms with van der Waals surface area (Å²) in [5.41, 5.74) is 4.45. The van der Waals surface area contributed by atoms with Crippen LogP contribution in [-0.4, -0.2) is 55.3 Å². The lowest BCUT2D eigenvalue weighted by molar-refractivity contribution is 0.150. The Balaban J connectivity index is 0.00000261. The molecule has 0 aliphatic carbocycles. The van der Waals surface area contributed by atoms with E-state index in [2.05, 4.69) is 48.0 Å². The van der Waals surface area contributed by atoms with Gasteiger partial charge in [0.15, 0.2) is 0 Å². The molecule has 3 rings (SSSR count). The summed E-state index contributed by atoms with van der Waals surface area (Å²) in [5.74, 6) is 0.951. The number of nitrogens with one attached hydrogen (secondary N) is 1. The maximum Gasteiger partial charge on any atom is 0.124 e. The molecule has 0 spiro atoms. The van der Waals surface area contributed by atoms with E-state index in [-0.39, 0.29) is 1.43 Å². The highest BCUT2D eigenvalue weighted by atomic mass is 16.5. The Kier molecular flexibility index (Phi) is 6.12. The fourth-order valence-corrected chi connectivity index (χ4v) is 3.27. The molecule has 0 aliphatic rings. The third-order valence-electron chi connectivity index (χ3n) is 4.58. The summed E-state index contributed by atoms with van der Waals surface area (Å²) in [6.45, 7) is 7.31. The molecule has 1 N–H and O–H groups in total. The van der Waals surface area contributed by atoms with Crippen molar-refractivity contribution >= 4 is 21.8 Å². The van der Waals surface area contributed by atoms with Crippen LogP contribution in [0.3, 0.4) is 0 Å². The van der Waals surface area contributed by atoms with Crippen LogP contribution in [0.5, 0.6) is 5.75 Å². The monoisotopic (exact) mass is 357 g/mol. The van der Waals surface area contributed by atoms with Crippen molar-refractivity contribution in [3.8, 4) is 5.75 Å². The smallest absolute Gasteiger partial charge is 0.124 e. The number of benzene rings is 1. The normalized spacial score (nSPS) is 11.7. The number of H-pyrrole nitrogens is 1. The number of hydrogen-bond donors (Lipinski definition) is 1. The minimum Gasteiger partial charge on any atom is -0.493 e. The van der Waals surface area contributed by atoms with Crippen LogP contribution in [0.15, 0.2) is 24.4 Å². The molecule has 0 amide bonds. The molecule has 1 aromatic carbocycles. The first-order valence-corrected chi connectivity index (χ1v) is 9.35. The molecule has 5 heteroatoms. The van der Waals surface area contributed by atoms with Crippen molar-refractivity contribution in [1.29, 1.82) is 0 Å². The summed E-state index contributed by atoms with van der Waals surface area (Å²) in [4.78, 5) is 10.3. The topological polar surface area (TPSA) is 50.4 Å². The van der Waals surface area contributed by atoms with Crippen molar-refractivity contribution in [1.82, 2.24) is 14.9 Å². The predicted octanol–water partition coefficient (Wildman–Crippen LogP) is 4.18. The van der Waals surface area contributed by atoms with Crippen LogP contribution in [0, 0.1) is 6.92 Å². The molecular formula is C21H31N3O2. The molecule has 0 unspecified atom stereocenters. The number of pyridine rings is 1. The average Bonchev–Trinajstić information content (AvgIpc) is 2.97. The van der Waals surface area contributed by atoms with Crippen molar-refractivity contribution in [3.63, 3.8) is 0 Å². The zero-order valence-electron chi connectivity index (χ0n) is 16.3. The van der Waals surface area contributed by atoms with E-state index >= 15 is 0 Å². The molecule has 0 atom stereocenters. The lowest BCUT2D eigenvalue weighted by Gasteiger charge is -2.12. The number of nitrogens with zero attached hydrogens (tertiary/aromatic N) is 2. The van der Waals surface area contributed by atoms with Crippen molar-refractivity contribution < 1.29 is 10.9 Å². The minimum atomic E-state index is 0. The van der Waals surface area contributed by atoms with Crippen molar-refractivity contribution in [2.24, 2.45) is 0 Å². The minimum absolute atomic E-state index is 0. The molecule has 3 aromatic rings. The SMILES string of the molecule is CCOCCc1nccc2[nH]c3cc(OCCCN(C)C)c(C)cc3c12.[HH]. The number of rotatable bonds is 9. The van der Waals surface area contributed by atoms with Crippen LogP contribution in [0.25, 0.3) is 21.8 Å². The van der Waals surface area contributed by atoms with Crippen LogP contribution < -0.4 is 4.74 Å². The van der Waals surface area contributed by atoms with Gasteiger partial charge in [-0.25, -0.2) is 0 Å². The van der Waals surface area contributed by atoms with Gasteiger partial charge in [0.05, 0.1) is 24.4 Å². The van der Waals surface area contributed by atoms with Crippen molar-refractivity contribution in [3.05, 3.63) is 35.7 Å². The predicted molar refractivity (Wildman–Crippen MR) is 109 cm³/mol. The number of hydrogen-bond acceptors (Lipinski definition) is 4. The summed E-state index contributed by atoms with van der Waals surface area (Å²) < 4.78 is 11.5. The van der Waals surface area contributed by atoms with Crippen LogP contribution in [0.4, 0.5) is 0 Å². The van der Waals surface area contributed by atoms with Gasteiger partial charge in [-0.1, -0.05) is 0 Å². The van der Waals surface area contributed by atoms with Crippen LogP contribution in [0.2, 0.25) is 0 Å². The number of aryl methyl sites for hydroxylation is 1. The number of ether oxygens (including phenoxy) is 2. The third kappa shape index (κ3) is 4.17. The zero-order valence-corrected chi connectivity index (χ0v) is 16.3. The average molecular weight is 357 g/mol. The molecule has 2 aromatic heterocycles. The molecule has 0 radical (unpaired) electrons. The second-order valence-corrected chi connectivity index (χ2v) is 6.92. The van der Waals surface area contributed by atoms with Crippen molar-refractivity contribution in [2.45, 2.75) is 26.7 Å². The van der Waals surface area contributed by atoms with Gasteiger partial charge in [0.2, 0.25) is 0 Å². The van der Waals surface area contributed by atoms with Crippen LogP contribution in [-0.2, 0) is 11.2 Å². The largest absolute Gasteiger partial charge is 0.493 e. The van der Waals surface area contributed by atoms with Gasteiger partial charge in [0.25, 0.3) is 0 Å². The first kappa shape index (κ1) is 18.7. The lowest BCUT2D eigenvalue weighted by Crippen LogP contribution is -2.15. The first-order chi connectivity index (χ1) is 12.6. The molecule has 0 saturated heterocycles.